The Morgan fingerprint density at radius 1 is 1.43 bits per heavy atom. The molecule has 4 nitrogen and oxygen atoms in total. The first-order valence-corrected chi connectivity index (χ1v) is 4.59. The third kappa shape index (κ3) is 5.00. The van der Waals surface area contributed by atoms with Gasteiger partial charge in [-0.3, -0.25) is 8.98 Å². The number of alkyl halides is 3. The maximum atomic E-state index is 11.6. The first-order valence-electron chi connectivity index (χ1n) is 3.18. The van der Waals surface area contributed by atoms with Gasteiger partial charge in [0.25, 0.3) is 0 Å². The van der Waals surface area contributed by atoms with Crippen LogP contribution in [0.25, 0.3) is 0 Å². The van der Waals surface area contributed by atoms with Crippen molar-refractivity contribution < 1.29 is 50.9 Å². The molecule has 0 heterocycles. The van der Waals surface area contributed by atoms with Crippen LogP contribution in [0.15, 0.2) is 0 Å². The largest absolute Gasteiger partial charge is 1.00 e. The number of hydrogen-bond acceptors (Lipinski definition) is 4. The van der Waals surface area contributed by atoms with E-state index < -0.39 is 28.0 Å². The third-order valence-electron chi connectivity index (χ3n) is 1.05. The molecule has 0 saturated carbocycles. The molecule has 14 heavy (non-hydrogen) atoms. The molecule has 0 amide bonds. The molecule has 0 aromatic heterocycles. The van der Waals surface area contributed by atoms with Gasteiger partial charge in [0.15, 0.2) is 5.78 Å². The summed E-state index contributed by atoms with van der Waals surface area (Å²) in [5, 5.41) is 0. The predicted octanol–water partition coefficient (Wildman–Crippen LogP) is -2.05. The Morgan fingerprint density at radius 3 is 2.14 bits per heavy atom. The molecule has 0 aromatic carbocycles. The molecule has 0 fully saturated rings. The molecule has 0 unspecified atom stereocenters. The molecular formula is C5H8F3LiO4S. The maximum absolute atomic E-state index is 11.6. The average molecular weight is 228 g/mol. The van der Waals surface area contributed by atoms with Crippen LogP contribution >= 0.6 is 0 Å². The first-order chi connectivity index (χ1) is 5.70. The summed E-state index contributed by atoms with van der Waals surface area (Å²) in [6, 6.07) is 0. The van der Waals surface area contributed by atoms with Crippen LogP contribution in [-0.4, -0.2) is 26.3 Å². The summed E-state index contributed by atoms with van der Waals surface area (Å²) in [7, 11) is -5.62. The first kappa shape index (κ1) is 16.4. The molecule has 0 aromatic rings. The Kier molecular flexibility index (Phi) is 6.74. The smallest absolute Gasteiger partial charge is 1.00 e. The monoisotopic (exact) mass is 228 g/mol. The van der Waals surface area contributed by atoms with Crippen molar-refractivity contribution in [3.63, 3.8) is 0 Å². The Morgan fingerprint density at radius 2 is 1.86 bits per heavy atom. The molecule has 0 aliphatic carbocycles. The van der Waals surface area contributed by atoms with Crippen molar-refractivity contribution in [1.82, 2.24) is 0 Å². The van der Waals surface area contributed by atoms with E-state index >= 15 is 0 Å². The zero-order valence-corrected chi connectivity index (χ0v) is 8.41. The number of Topliss-reactive ketones (excluding diaryl/α,β-unsaturated/α-hetero) is 1. The van der Waals surface area contributed by atoms with Crippen LogP contribution in [0.2, 0.25) is 0 Å². The Balaban J connectivity index is -0.000000720. The fourth-order valence-electron chi connectivity index (χ4n) is 0.312. The van der Waals surface area contributed by atoms with Crippen LogP contribution in [0, 0.1) is 0 Å². The van der Waals surface area contributed by atoms with E-state index in [9.17, 15) is 26.4 Å². The molecule has 80 valence electrons. The number of carbonyl (C=O) groups is 1. The SMILES string of the molecule is CCC(=O)COS(=O)(=O)C(F)(F)F.[H-].[Li+]. The Bertz CT molecular complexity index is 289. The minimum Gasteiger partial charge on any atom is -1.00 e. The Labute approximate surface area is 92.6 Å². The number of rotatable bonds is 4. The molecule has 0 rings (SSSR count). The second kappa shape index (κ2) is 5.75. The molecule has 0 aliphatic heterocycles. The third-order valence-corrected chi connectivity index (χ3v) is 2.05. The molecule has 9 heteroatoms. The van der Waals surface area contributed by atoms with Gasteiger partial charge in [0, 0.05) is 6.42 Å². The normalized spacial score (nSPS) is 12.0. The van der Waals surface area contributed by atoms with Gasteiger partial charge in [-0.1, -0.05) is 6.92 Å². The summed E-state index contributed by atoms with van der Waals surface area (Å²) < 4.78 is 58.5. The summed E-state index contributed by atoms with van der Waals surface area (Å²) >= 11 is 0. The van der Waals surface area contributed by atoms with Crippen LogP contribution in [0.5, 0.6) is 0 Å². The van der Waals surface area contributed by atoms with Gasteiger partial charge in [-0.2, -0.15) is 21.6 Å². The van der Waals surface area contributed by atoms with Gasteiger partial charge < -0.3 is 1.43 Å². The minimum atomic E-state index is -5.62. The number of ketones is 1. The van der Waals surface area contributed by atoms with Gasteiger partial charge in [0.1, 0.15) is 6.61 Å². The van der Waals surface area contributed by atoms with Crippen molar-refractivity contribution in [1.29, 1.82) is 0 Å². The van der Waals surface area contributed by atoms with Crippen molar-refractivity contribution in [3.05, 3.63) is 0 Å². The zero-order chi connectivity index (χ0) is 10.7. The second-order valence-electron chi connectivity index (χ2n) is 2.05. The topological polar surface area (TPSA) is 60.4 Å². The van der Waals surface area contributed by atoms with Crippen molar-refractivity contribution in [3.8, 4) is 0 Å². The van der Waals surface area contributed by atoms with Crippen LogP contribution in [0.1, 0.15) is 14.8 Å². The van der Waals surface area contributed by atoms with E-state index in [4.69, 9.17) is 0 Å². The molecule has 0 bridgehead atoms. The molecule has 0 saturated heterocycles. The molecule has 0 N–H and O–H groups in total. The summed E-state index contributed by atoms with van der Waals surface area (Å²) in [4.78, 5) is 10.4. The summed E-state index contributed by atoms with van der Waals surface area (Å²) in [6.45, 7) is 0.310. The van der Waals surface area contributed by atoms with Crippen LogP contribution in [0.4, 0.5) is 13.2 Å². The standard InChI is InChI=1S/C5H7F3O4S.Li.H/c1-2-4(9)3-12-13(10,11)5(6,7)8;;/h2-3H2,1H3;;/q;+1;-1. The second-order valence-corrected chi connectivity index (χ2v) is 3.66. The average Bonchev–Trinajstić information content (AvgIpc) is 1.98. The van der Waals surface area contributed by atoms with Gasteiger partial charge in [-0.25, -0.2) is 0 Å². The van der Waals surface area contributed by atoms with Gasteiger partial charge in [-0.15, -0.1) is 0 Å². The van der Waals surface area contributed by atoms with E-state index in [0.717, 1.165) is 0 Å². The molecular weight excluding hydrogens is 220 g/mol. The number of hydrogen-bond donors (Lipinski definition) is 0. The number of carbonyl (C=O) groups excluding carboxylic acids is 1. The fourth-order valence-corrected chi connectivity index (χ4v) is 0.732. The van der Waals surface area contributed by atoms with Gasteiger partial charge in [-0.05, 0) is 0 Å². The van der Waals surface area contributed by atoms with E-state index in [2.05, 4.69) is 4.18 Å². The number of halogens is 3. The van der Waals surface area contributed by atoms with Gasteiger partial charge in [0.2, 0.25) is 0 Å². The van der Waals surface area contributed by atoms with Gasteiger partial charge >= 0.3 is 34.5 Å². The van der Waals surface area contributed by atoms with E-state index in [1.807, 2.05) is 0 Å². The maximum Gasteiger partial charge on any atom is 1.00 e. The summed E-state index contributed by atoms with van der Waals surface area (Å²) in [5.74, 6) is -0.715. The molecule has 0 atom stereocenters. The van der Waals surface area contributed by atoms with E-state index in [-0.39, 0.29) is 26.7 Å². The fraction of sp³-hybridized carbons (Fsp3) is 0.800. The minimum absolute atomic E-state index is 0. The summed E-state index contributed by atoms with van der Waals surface area (Å²) in [5.41, 5.74) is -5.47. The van der Waals surface area contributed by atoms with Crippen molar-refractivity contribution in [2.45, 2.75) is 18.9 Å². The van der Waals surface area contributed by atoms with Crippen LogP contribution in [-0.2, 0) is 19.1 Å². The van der Waals surface area contributed by atoms with E-state index in [1.54, 1.807) is 0 Å². The van der Waals surface area contributed by atoms with Crippen LogP contribution in [0.3, 0.4) is 0 Å². The van der Waals surface area contributed by atoms with Crippen LogP contribution < -0.4 is 18.9 Å². The van der Waals surface area contributed by atoms with E-state index in [0.29, 0.717) is 0 Å². The van der Waals surface area contributed by atoms with Crippen molar-refractivity contribution in [2.24, 2.45) is 0 Å². The van der Waals surface area contributed by atoms with Crippen molar-refractivity contribution in [2.75, 3.05) is 6.61 Å². The van der Waals surface area contributed by atoms with Crippen molar-refractivity contribution >= 4 is 15.9 Å². The quantitative estimate of drug-likeness (QED) is 0.315. The molecule has 0 spiro atoms. The Hall–Kier alpha value is -0.0326. The predicted molar refractivity (Wildman–Crippen MR) is 37.3 cm³/mol. The van der Waals surface area contributed by atoms with E-state index in [1.165, 1.54) is 6.92 Å². The summed E-state index contributed by atoms with van der Waals surface area (Å²) in [6.07, 6.45) is -0.0760. The molecule has 0 aliphatic rings. The zero-order valence-electron chi connectivity index (χ0n) is 8.59. The van der Waals surface area contributed by atoms with Gasteiger partial charge in [0.05, 0.1) is 0 Å². The molecule has 0 radical (unpaired) electrons.